The summed E-state index contributed by atoms with van der Waals surface area (Å²) in [6.45, 7) is 5.82. The molecule has 1 amide bonds. The van der Waals surface area contributed by atoms with E-state index >= 15 is 0 Å². The zero-order valence-corrected chi connectivity index (χ0v) is 20.5. The number of aromatic nitrogens is 4. The van der Waals surface area contributed by atoms with Gasteiger partial charge >= 0.3 is 0 Å². The number of nitrogens with one attached hydrogen (secondary N) is 1. The van der Waals surface area contributed by atoms with Gasteiger partial charge in [-0.2, -0.15) is 10.2 Å². The Kier molecular flexibility index (Phi) is 6.86. The van der Waals surface area contributed by atoms with Gasteiger partial charge in [-0.3, -0.25) is 9.59 Å². The number of methoxy groups -OCH3 is 2. The van der Waals surface area contributed by atoms with Crippen molar-refractivity contribution in [2.24, 2.45) is 0 Å². The number of benzene rings is 2. The number of ether oxygens (including phenoxy) is 2. The molecule has 4 rings (SSSR count). The van der Waals surface area contributed by atoms with Crippen LogP contribution in [0.25, 0.3) is 16.6 Å². The minimum absolute atomic E-state index is 0.236. The SMILES string of the molecule is CC[C@@H](C(=O)NCc1ccc(OC)cc1OC)n1nc(C)c2c(C)n(-c3ccccc3)nc2c1=O. The minimum Gasteiger partial charge on any atom is -0.497 e. The predicted octanol–water partition coefficient (Wildman–Crippen LogP) is 3.48. The molecule has 4 aromatic rings. The molecule has 2 aromatic heterocycles. The lowest BCUT2D eigenvalue weighted by Crippen LogP contribution is -2.38. The van der Waals surface area contributed by atoms with Crippen LogP contribution in [-0.2, 0) is 11.3 Å². The maximum absolute atomic E-state index is 13.4. The molecule has 35 heavy (non-hydrogen) atoms. The van der Waals surface area contributed by atoms with Crippen molar-refractivity contribution in [3.05, 3.63) is 75.8 Å². The molecule has 0 aliphatic rings. The lowest BCUT2D eigenvalue weighted by Gasteiger charge is -2.18. The highest BCUT2D eigenvalue weighted by atomic mass is 16.5. The standard InChI is InChI=1S/C26H29N5O4/c1-6-21(25(32)27-15-18-12-13-20(34-4)14-22(18)35-5)31-26(33)24-23(16(2)28-31)17(3)30(29-24)19-10-8-7-9-11-19/h7-14,21H,6,15H2,1-5H3,(H,27,32)/t21-/m0/s1. The topological polar surface area (TPSA) is 100 Å². The monoisotopic (exact) mass is 475 g/mol. The van der Waals surface area contributed by atoms with Crippen LogP contribution in [0.3, 0.4) is 0 Å². The normalized spacial score (nSPS) is 11.9. The number of carbonyl (C=O) groups excluding carboxylic acids is 1. The third-order valence-corrected chi connectivity index (χ3v) is 6.08. The van der Waals surface area contributed by atoms with Crippen LogP contribution in [0.1, 0.15) is 36.3 Å². The molecule has 2 heterocycles. The first-order valence-electron chi connectivity index (χ1n) is 11.4. The smallest absolute Gasteiger partial charge is 0.295 e. The van der Waals surface area contributed by atoms with Crippen LogP contribution in [0, 0.1) is 13.8 Å². The van der Waals surface area contributed by atoms with Gasteiger partial charge in [0, 0.05) is 18.2 Å². The van der Waals surface area contributed by atoms with E-state index in [4.69, 9.17) is 9.47 Å². The lowest BCUT2D eigenvalue weighted by molar-refractivity contribution is -0.125. The number of hydrogen-bond donors (Lipinski definition) is 1. The fourth-order valence-corrected chi connectivity index (χ4v) is 4.25. The van der Waals surface area contributed by atoms with Gasteiger partial charge in [0.15, 0.2) is 5.52 Å². The summed E-state index contributed by atoms with van der Waals surface area (Å²) in [6, 6.07) is 14.2. The predicted molar refractivity (Wildman–Crippen MR) is 133 cm³/mol. The highest BCUT2D eigenvalue weighted by molar-refractivity contribution is 5.84. The maximum Gasteiger partial charge on any atom is 0.295 e. The molecule has 1 atom stereocenters. The summed E-state index contributed by atoms with van der Waals surface area (Å²) >= 11 is 0. The summed E-state index contributed by atoms with van der Waals surface area (Å²) in [5, 5.41) is 12.7. The van der Waals surface area contributed by atoms with Crippen molar-refractivity contribution in [2.75, 3.05) is 14.2 Å². The Morgan fingerprint density at radius 3 is 2.46 bits per heavy atom. The lowest BCUT2D eigenvalue weighted by atomic mass is 10.1. The molecule has 9 heteroatoms. The van der Waals surface area contributed by atoms with Gasteiger partial charge in [-0.1, -0.05) is 25.1 Å². The van der Waals surface area contributed by atoms with Crippen molar-refractivity contribution in [1.29, 1.82) is 0 Å². The highest BCUT2D eigenvalue weighted by Crippen LogP contribution is 2.25. The fraction of sp³-hybridized carbons (Fsp3) is 0.308. The molecule has 1 N–H and O–H groups in total. The number of amides is 1. The van der Waals surface area contributed by atoms with Crippen molar-refractivity contribution in [3.63, 3.8) is 0 Å². The van der Waals surface area contributed by atoms with Crippen LogP contribution in [0.5, 0.6) is 11.5 Å². The molecule has 0 aliphatic heterocycles. The maximum atomic E-state index is 13.4. The van der Waals surface area contributed by atoms with Gasteiger partial charge in [0.1, 0.15) is 17.5 Å². The zero-order valence-electron chi connectivity index (χ0n) is 20.5. The first-order chi connectivity index (χ1) is 16.9. The van der Waals surface area contributed by atoms with Crippen molar-refractivity contribution in [2.45, 2.75) is 39.8 Å². The summed E-state index contributed by atoms with van der Waals surface area (Å²) in [5.41, 5.74) is 3.01. The van der Waals surface area contributed by atoms with Crippen molar-refractivity contribution in [3.8, 4) is 17.2 Å². The van der Waals surface area contributed by atoms with Crippen LogP contribution >= 0.6 is 0 Å². The molecule has 0 aliphatic carbocycles. The van der Waals surface area contributed by atoms with Gasteiger partial charge in [-0.15, -0.1) is 0 Å². The van der Waals surface area contributed by atoms with Gasteiger partial charge in [0.05, 0.1) is 36.7 Å². The van der Waals surface area contributed by atoms with Crippen LogP contribution < -0.4 is 20.3 Å². The molecule has 0 spiro atoms. The molecular weight excluding hydrogens is 446 g/mol. The van der Waals surface area contributed by atoms with Crippen molar-refractivity contribution >= 4 is 16.8 Å². The van der Waals surface area contributed by atoms with Crippen molar-refractivity contribution in [1.82, 2.24) is 24.9 Å². The largest absolute Gasteiger partial charge is 0.497 e. The molecule has 182 valence electrons. The molecule has 0 fully saturated rings. The Labute approximate surface area is 203 Å². The second-order valence-corrected chi connectivity index (χ2v) is 8.21. The summed E-state index contributed by atoms with van der Waals surface area (Å²) in [7, 11) is 3.14. The average Bonchev–Trinajstić information content (AvgIpc) is 3.24. The van der Waals surface area contributed by atoms with Crippen molar-refractivity contribution < 1.29 is 14.3 Å². The van der Waals surface area contributed by atoms with Crippen LogP contribution in [0.15, 0.2) is 53.3 Å². The number of carbonyl (C=O) groups is 1. The molecular formula is C26H29N5O4. The summed E-state index contributed by atoms with van der Waals surface area (Å²) in [4.78, 5) is 26.6. The minimum atomic E-state index is -0.781. The summed E-state index contributed by atoms with van der Waals surface area (Å²) in [5.74, 6) is 0.957. The highest BCUT2D eigenvalue weighted by Gasteiger charge is 2.25. The van der Waals surface area contributed by atoms with E-state index in [1.54, 1.807) is 31.0 Å². The molecule has 0 radical (unpaired) electrons. The Bertz CT molecular complexity index is 1430. The van der Waals surface area contributed by atoms with E-state index < -0.39 is 11.6 Å². The van der Waals surface area contributed by atoms with E-state index in [1.165, 1.54) is 4.68 Å². The number of para-hydroxylation sites is 1. The Hall–Kier alpha value is -4.14. The van der Waals surface area contributed by atoms with Gasteiger partial charge in [0.25, 0.3) is 5.56 Å². The Morgan fingerprint density at radius 2 is 1.80 bits per heavy atom. The van der Waals surface area contributed by atoms with E-state index in [9.17, 15) is 9.59 Å². The van der Waals surface area contributed by atoms with Gasteiger partial charge in [-0.25, -0.2) is 9.36 Å². The summed E-state index contributed by atoms with van der Waals surface area (Å²) in [6.07, 6.45) is 0.391. The summed E-state index contributed by atoms with van der Waals surface area (Å²) < 4.78 is 13.6. The average molecular weight is 476 g/mol. The molecule has 0 saturated carbocycles. The zero-order chi connectivity index (χ0) is 25.1. The second-order valence-electron chi connectivity index (χ2n) is 8.21. The second kappa shape index (κ2) is 10.0. The van der Waals surface area contributed by atoms with Gasteiger partial charge in [0.2, 0.25) is 5.91 Å². The number of aryl methyl sites for hydroxylation is 2. The number of rotatable bonds is 8. The van der Waals surface area contributed by atoms with Crippen LogP contribution in [-0.4, -0.2) is 39.7 Å². The third-order valence-electron chi connectivity index (χ3n) is 6.08. The van der Waals surface area contributed by atoms with Gasteiger partial charge in [-0.05, 0) is 44.5 Å². The number of hydrogen-bond acceptors (Lipinski definition) is 6. The molecule has 0 saturated heterocycles. The van der Waals surface area contributed by atoms with Crippen LogP contribution in [0.4, 0.5) is 0 Å². The van der Waals surface area contributed by atoms with Gasteiger partial charge < -0.3 is 14.8 Å². The fourth-order valence-electron chi connectivity index (χ4n) is 4.25. The molecule has 9 nitrogen and oxygen atoms in total. The number of nitrogens with zero attached hydrogens (tertiary/aromatic N) is 4. The van der Waals surface area contributed by atoms with E-state index in [2.05, 4.69) is 15.5 Å². The quantitative estimate of drug-likeness (QED) is 0.419. The first-order valence-corrected chi connectivity index (χ1v) is 11.4. The Balaban J connectivity index is 1.66. The molecule has 0 bridgehead atoms. The molecule has 0 unspecified atom stereocenters. The number of fused-ring (bicyclic) bond motifs is 1. The Morgan fingerprint density at radius 1 is 1.06 bits per heavy atom. The van der Waals surface area contributed by atoms with E-state index in [1.807, 2.05) is 57.2 Å². The molecule has 2 aromatic carbocycles. The van der Waals surface area contributed by atoms with E-state index in [0.29, 0.717) is 34.5 Å². The van der Waals surface area contributed by atoms with E-state index in [-0.39, 0.29) is 12.5 Å². The third kappa shape index (κ3) is 4.49. The van der Waals surface area contributed by atoms with E-state index in [0.717, 1.165) is 16.9 Å². The van der Waals surface area contributed by atoms with Crippen LogP contribution in [0.2, 0.25) is 0 Å². The first kappa shape index (κ1) is 24.0.